The molecular weight excluding hydrogens is 384 g/mol. The van der Waals surface area contributed by atoms with E-state index in [1.54, 1.807) is 11.3 Å². The van der Waals surface area contributed by atoms with Crippen molar-refractivity contribution >= 4 is 39.1 Å². The van der Waals surface area contributed by atoms with Crippen LogP contribution in [0.25, 0.3) is 10.2 Å². The molecule has 1 atom stereocenters. The fourth-order valence-electron chi connectivity index (χ4n) is 4.10. The lowest BCUT2D eigenvalue weighted by Crippen LogP contribution is -2.35. The van der Waals surface area contributed by atoms with E-state index in [2.05, 4.69) is 37.9 Å². The third-order valence-electron chi connectivity index (χ3n) is 6.04. The molecule has 0 spiro atoms. The molecule has 7 nitrogen and oxygen atoms in total. The van der Waals surface area contributed by atoms with Gasteiger partial charge in [0.25, 0.3) is 0 Å². The number of piperidine rings is 1. The Hall–Kier alpha value is -2.19. The quantitative estimate of drug-likeness (QED) is 0.532. The standard InChI is InChI=1S/C21H28N6OS/c1-13(28)2-3-14-6-9-27(10-7-14)21-22-16-8-11-29-19(16)20(24-21)23-18-12-17(25-26-18)15-4-5-15/h8,11-15,28H,2-7,9-10H2,1H3,(H2,22,23,24,25,26). The molecular formula is C21H28N6OS. The SMILES string of the molecule is CC(O)CCC1CCN(c2nc(Nc3cc(C4CC4)[nH]n3)c3sccc3n2)CC1. The number of aromatic amines is 1. The van der Waals surface area contributed by atoms with E-state index in [-0.39, 0.29) is 6.10 Å². The van der Waals surface area contributed by atoms with E-state index >= 15 is 0 Å². The molecule has 29 heavy (non-hydrogen) atoms. The van der Waals surface area contributed by atoms with Gasteiger partial charge >= 0.3 is 0 Å². The van der Waals surface area contributed by atoms with Gasteiger partial charge in [-0.25, -0.2) is 4.98 Å². The summed E-state index contributed by atoms with van der Waals surface area (Å²) < 4.78 is 1.07. The van der Waals surface area contributed by atoms with Crippen LogP contribution in [0.3, 0.4) is 0 Å². The molecule has 2 fully saturated rings. The lowest BCUT2D eigenvalue weighted by molar-refractivity contribution is 0.169. The van der Waals surface area contributed by atoms with E-state index in [4.69, 9.17) is 9.97 Å². The summed E-state index contributed by atoms with van der Waals surface area (Å²) in [5, 5.41) is 22.6. The Bertz CT molecular complexity index is 971. The highest BCUT2D eigenvalue weighted by molar-refractivity contribution is 7.17. The lowest BCUT2D eigenvalue weighted by atomic mass is 9.91. The van der Waals surface area contributed by atoms with Crippen LogP contribution in [0, 0.1) is 5.92 Å². The number of nitrogens with zero attached hydrogens (tertiary/aromatic N) is 4. The maximum absolute atomic E-state index is 9.54. The first-order valence-corrected chi connectivity index (χ1v) is 11.5. The van der Waals surface area contributed by atoms with Crippen molar-refractivity contribution in [3.8, 4) is 0 Å². The second kappa shape index (κ2) is 7.91. The Morgan fingerprint density at radius 1 is 1.28 bits per heavy atom. The molecule has 154 valence electrons. The van der Waals surface area contributed by atoms with Crippen molar-refractivity contribution in [2.24, 2.45) is 5.92 Å². The number of aliphatic hydroxyl groups is 1. The first kappa shape index (κ1) is 18.8. The van der Waals surface area contributed by atoms with E-state index in [9.17, 15) is 5.11 Å². The molecule has 3 aromatic rings. The van der Waals surface area contributed by atoms with Gasteiger partial charge in [0.15, 0.2) is 11.6 Å². The van der Waals surface area contributed by atoms with Gasteiger partial charge in [-0.05, 0) is 62.8 Å². The minimum absolute atomic E-state index is 0.200. The maximum atomic E-state index is 9.54. The van der Waals surface area contributed by atoms with Gasteiger partial charge in [0, 0.05) is 30.8 Å². The molecule has 0 bridgehead atoms. The zero-order valence-corrected chi connectivity index (χ0v) is 17.6. The lowest BCUT2D eigenvalue weighted by Gasteiger charge is -2.32. The van der Waals surface area contributed by atoms with Crippen molar-refractivity contribution in [3.05, 3.63) is 23.2 Å². The number of aliphatic hydroxyl groups excluding tert-OH is 1. The molecule has 0 aromatic carbocycles. The highest BCUT2D eigenvalue weighted by Gasteiger charge is 2.26. The molecule has 1 aliphatic carbocycles. The van der Waals surface area contributed by atoms with Gasteiger partial charge in [-0.2, -0.15) is 10.1 Å². The van der Waals surface area contributed by atoms with Gasteiger partial charge in [-0.3, -0.25) is 5.10 Å². The normalized spacial score (nSPS) is 19.0. The van der Waals surface area contributed by atoms with E-state index < -0.39 is 0 Å². The number of hydrogen-bond acceptors (Lipinski definition) is 7. The predicted octanol–water partition coefficient (Wildman–Crippen LogP) is 4.41. The van der Waals surface area contributed by atoms with E-state index in [0.717, 1.165) is 66.6 Å². The molecule has 0 radical (unpaired) electrons. The Morgan fingerprint density at radius 3 is 2.86 bits per heavy atom. The largest absolute Gasteiger partial charge is 0.393 e. The first-order chi connectivity index (χ1) is 14.2. The number of H-pyrrole nitrogens is 1. The minimum Gasteiger partial charge on any atom is -0.393 e. The maximum Gasteiger partial charge on any atom is 0.227 e. The number of rotatable bonds is 7. The van der Waals surface area contributed by atoms with Crippen LogP contribution in [0.2, 0.25) is 0 Å². The Balaban J connectivity index is 1.32. The third-order valence-corrected chi connectivity index (χ3v) is 6.95. The number of thiophene rings is 1. The van der Waals surface area contributed by atoms with Crippen LogP contribution in [-0.4, -0.2) is 44.5 Å². The molecule has 3 N–H and O–H groups in total. The van der Waals surface area contributed by atoms with Gasteiger partial charge < -0.3 is 15.3 Å². The monoisotopic (exact) mass is 412 g/mol. The number of anilines is 3. The van der Waals surface area contributed by atoms with Crippen LogP contribution in [0.1, 0.15) is 57.1 Å². The average molecular weight is 413 g/mol. The third kappa shape index (κ3) is 4.23. The zero-order chi connectivity index (χ0) is 19.8. The molecule has 1 saturated heterocycles. The molecule has 0 amide bonds. The number of aromatic nitrogens is 4. The highest BCUT2D eigenvalue weighted by atomic mass is 32.1. The van der Waals surface area contributed by atoms with Crippen LogP contribution in [-0.2, 0) is 0 Å². The molecule has 1 aliphatic heterocycles. The van der Waals surface area contributed by atoms with Crippen molar-refractivity contribution < 1.29 is 5.11 Å². The molecule has 8 heteroatoms. The summed E-state index contributed by atoms with van der Waals surface area (Å²) in [6, 6.07) is 4.17. The Labute approximate surface area is 174 Å². The zero-order valence-electron chi connectivity index (χ0n) is 16.8. The smallest absolute Gasteiger partial charge is 0.227 e. The predicted molar refractivity (Wildman–Crippen MR) is 117 cm³/mol. The summed E-state index contributed by atoms with van der Waals surface area (Å²) in [5.74, 6) is 3.79. The molecule has 5 rings (SSSR count). The average Bonchev–Trinajstić information content (AvgIpc) is 3.27. The van der Waals surface area contributed by atoms with Crippen molar-refractivity contribution in [2.45, 2.75) is 57.5 Å². The van der Waals surface area contributed by atoms with Crippen LogP contribution in [0.5, 0.6) is 0 Å². The molecule has 3 aromatic heterocycles. The Morgan fingerprint density at radius 2 is 2.10 bits per heavy atom. The molecule has 4 heterocycles. The van der Waals surface area contributed by atoms with Gasteiger partial charge in [0.05, 0.1) is 16.3 Å². The molecule has 1 saturated carbocycles. The van der Waals surface area contributed by atoms with Crippen LogP contribution >= 0.6 is 11.3 Å². The summed E-state index contributed by atoms with van der Waals surface area (Å²) in [6.45, 7) is 3.81. The minimum atomic E-state index is -0.200. The van der Waals surface area contributed by atoms with Crippen molar-refractivity contribution in [1.29, 1.82) is 0 Å². The highest BCUT2D eigenvalue weighted by Crippen LogP contribution is 2.40. The van der Waals surface area contributed by atoms with E-state index in [1.807, 2.05) is 6.92 Å². The van der Waals surface area contributed by atoms with Gasteiger partial charge in [0.2, 0.25) is 5.95 Å². The summed E-state index contributed by atoms with van der Waals surface area (Å²) >= 11 is 1.66. The van der Waals surface area contributed by atoms with Crippen LogP contribution < -0.4 is 10.2 Å². The molecule has 1 unspecified atom stereocenters. The van der Waals surface area contributed by atoms with Crippen molar-refractivity contribution in [3.63, 3.8) is 0 Å². The van der Waals surface area contributed by atoms with Gasteiger partial charge in [-0.1, -0.05) is 0 Å². The van der Waals surface area contributed by atoms with E-state index in [0.29, 0.717) is 11.8 Å². The number of hydrogen-bond donors (Lipinski definition) is 3. The summed E-state index contributed by atoms with van der Waals surface area (Å²) in [7, 11) is 0. The first-order valence-electron chi connectivity index (χ1n) is 10.7. The topological polar surface area (TPSA) is 90.0 Å². The summed E-state index contributed by atoms with van der Waals surface area (Å²) in [6.07, 6.45) is 6.56. The Kier molecular flexibility index (Phi) is 5.13. The summed E-state index contributed by atoms with van der Waals surface area (Å²) in [5.41, 5.74) is 2.19. The van der Waals surface area contributed by atoms with Crippen LogP contribution in [0.15, 0.2) is 17.5 Å². The van der Waals surface area contributed by atoms with Crippen molar-refractivity contribution in [2.75, 3.05) is 23.3 Å². The molecule has 2 aliphatic rings. The van der Waals surface area contributed by atoms with Crippen LogP contribution in [0.4, 0.5) is 17.6 Å². The second-order valence-electron chi connectivity index (χ2n) is 8.47. The fourth-order valence-corrected chi connectivity index (χ4v) is 4.88. The number of nitrogens with one attached hydrogen (secondary N) is 2. The van der Waals surface area contributed by atoms with Gasteiger partial charge in [-0.15, -0.1) is 11.3 Å². The van der Waals surface area contributed by atoms with Gasteiger partial charge in [0.1, 0.15) is 0 Å². The second-order valence-corrected chi connectivity index (χ2v) is 9.39. The van der Waals surface area contributed by atoms with E-state index in [1.165, 1.54) is 18.5 Å². The van der Waals surface area contributed by atoms with Crippen molar-refractivity contribution in [1.82, 2.24) is 20.2 Å². The fraction of sp³-hybridized carbons (Fsp3) is 0.571. The summed E-state index contributed by atoms with van der Waals surface area (Å²) in [4.78, 5) is 12.0. The number of fused-ring (bicyclic) bond motifs is 1.